The summed E-state index contributed by atoms with van der Waals surface area (Å²) in [6.45, 7) is 0.515. The van der Waals surface area contributed by atoms with Gasteiger partial charge in [0.2, 0.25) is 5.91 Å². The molecule has 10 nitrogen and oxygen atoms in total. The van der Waals surface area contributed by atoms with E-state index in [2.05, 4.69) is 10.7 Å². The lowest BCUT2D eigenvalue weighted by Crippen LogP contribution is -2.44. The number of hydrogen-bond acceptors (Lipinski definition) is 8. The van der Waals surface area contributed by atoms with Gasteiger partial charge in [0.15, 0.2) is 11.5 Å². The van der Waals surface area contributed by atoms with Crippen LogP contribution in [0.15, 0.2) is 18.2 Å². The van der Waals surface area contributed by atoms with Crippen molar-refractivity contribution in [2.24, 2.45) is 5.73 Å². The van der Waals surface area contributed by atoms with Crippen LogP contribution in [0.1, 0.15) is 18.4 Å². The zero-order valence-corrected chi connectivity index (χ0v) is 15.3. The number of nitrogens with one attached hydrogen (secondary N) is 2. The molecule has 152 valence electrons. The number of phenols is 2. The maximum atomic E-state index is 11.7. The van der Waals surface area contributed by atoms with Gasteiger partial charge in [-0.3, -0.25) is 15.0 Å². The molecule has 1 aromatic rings. The van der Waals surface area contributed by atoms with Crippen molar-refractivity contribution in [2.45, 2.75) is 31.4 Å². The van der Waals surface area contributed by atoms with Crippen molar-refractivity contribution >= 4 is 11.9 Å². The molecular formula is C17H28N4O6. The van der Waals surface area contributed by atoms with Crippen LogP contribution in [-0.2, 0) is 16.0 Å². The number of nitrogens with zero attached hydrogens (tertiary/aromatic N) is 1. The molecule has 0 aliphatic carbocycles. The first-order chi connectivity index (χ1) is 12.7. The molecule has 27 heavy (non-hydrogen) atoms. The zero-order valence-electron chi connectivity index (χ0n) is 15.3. The molecule has 0 aliphatic rings. The Morgan fingerprint density at radius 1 is 1.26 bits per heavy atom. The second-order valence-electron chi connectivity index (χ2n) is 6.42. The largest absolute Gasteiger partial charge is 0.504 e. The van der Waals surface area contributed by atoms with E-state index < -0.39 is 24.0 Å². The predicted octanol–water partition coefficient (Wildman–Crippen LogP) is -1.25. The molecule has 1 rings (SSSR count). The molecule has 1 aromatic carbocycles. The Hall–Kier alpha value is -2.40. The van der Waals surface area contributed by atoms with Gasteiger partial charge >= 0.3 is 5.97 Å². The van der Waals surface area contributed by atoms with Crippen LogP contribution in [0, 0.1) is 0 Å². The highest BCUT2D eigenvalue weighted by Gasteiger charge is 2.16. The molecule has 0 fully saturated rings. The molecule has 0 saturated heterocycles. The first kappa shape index (κ1) is 22.6. The average Bonchev–Trinajstić information content (AvgIpc) is 2.53. The Kier molecular flexibility index (Phi) is 9.51. The molecular weight excluding hydrogens is 356 g/mol. The summed E-state index contributed by atoms with van der Waals surface area (Å²) in [4.78, 5) is 22.3. The van der Waals surface area contributed by atoms with Crippen LogP contribution in [-0.4, -0.2) is 76.1 Å². The molecule has 10 heteroatoms. The van der Waals surface area contributed by atoms with Gasteiger partial charge in [0.25, 0.3) is 0 Å². The van der Waals surface area contributed by atoms with E-state index in [0.717, 1.165) is 10.6 Å². The lowest BCUT2D eigenvalue weighted by Gasteiger charge is -2.19. The summed E-state index contributed by atoms with van der Waals surface area (Å²) in [5.74, 6) is -1.83. The van der Waals surface area contributed by atoms with Crippen LogP contribution in [0.3, 0.4) is 0 Å². The summed E-state index contributed by atoms with van der Waals surface area (Å²) in [7, 11) is 1.43. The molecule has 2 atom stereocenters. The Bertz CT molecular complexity index is 627. The van der Waals surface area contributed by atoms with Crippen LogP contribution in [0.4, 0.5) is 0 Å². The Morgan fingerprint density at radius 3 is 2.59 bits per heavy atom. The van der Waals surface area contributed by atoms with Crippen LogP contribution < -0.4 is 16.5 Å². The molecule has 0 unspecified atom stereocenters. The van der Waals surface area contributed by atoms with E-state index in [4.69, 9.17) is 10.8 Å². The lowest BCUT2D eigenvalue weighted by atomic mass is 10.1. The number of likely N-dealkylation sites (N-methyl/N-ethyl adjacent to an activating group) is 1. The number of phenolic OH excluding ortho intramolecular Hbond substituents is 2. The smallest absolute Gasteiger partial charge is 0.319 e. The minimum atomic E-state index is -1.06. The number of aromatic hydroxyl groups is 2. The minimum Gasteiger partial charge on any atom is -0.504 e. The van der Waals surface area contributed by atoms with E-state index in [1.165, 1.54) is 19.2 Å². The van der Waals surface area contributed by atoms with Crippen molar-refractivity contribution in [3.05, 3.63) is 23.8 Å². The van der Waals surface area contributed by atoms with Crippen LogP contribution >= 0.6 is 0 Å². The SMILES string of the molecule is CN(CC(=O)O)NC(=O)C[C@H](N)C[C@@H](O)CNCCc1ccc(O)c(O)c1. The van der Waals surface area contributed by atoms with Gasteiger partial charge in [-0.2, -0.15) is 0 Å². The molecule has 0 saturated carbocycles. The number of amides is 1. The third-order valence-electron chi connectivity index (χ3n) is 3.72. The van der Waals surface area contributed by atoms with Gasteiger partial charge < -0.3 is 31.5 Å². The van der Waals surface area contributed by atoms with Gasteiger partial charge in [-0.25, -0.2) is 5.01 Å². The molecule has 1 amide bonds. The van der Waals surface area contributed by atoms with E-state index in [0.29, 0.717) is 13.0 Å². The summed E-state index contributed by atoms with van der Waals surface area (Å²) in [6.07, 6.45) is 0.0414. The van der Waals surface area contributed by atoms with E-state index in [1.807, 2.05) is 0 Å². The maximum absolute atomic E-state index is 11.7. The second kappa shape index (κ2) is 11.3. The predicted molar refractivity (Wildman–Crippen MR) is 98.0 cm³/mol. The Morgan fingerprint density at radius 2 is 1.96 bits per heavy atom. The van der Waals surface area contributed by atoms with Gasteiger partial charge in [0.1, 0.15) is 6.54 Å². The number of benzene rings is 1. The molecule has 0 spiro atoms. The number of aliphatic hydroxyl groups is 1. The summed E-state index contributed by atoms with van der Waals surface area (Å²) in [6, 6.07) is 4.03. The van der Waals surface area contributed by atoms with Crippen LogP contribution in [0.5, 0.6) is 11.5 Å². The zero-order chi connectivity index (χ0) is 20.4. The first-order valence-electron chi connectivity index (χ1n) is 8.55. The Balaban J connectivity index is 2.21. The molecule has 0 aromatic heterocycles. The van der Waals surface area contributed by atoms with Gasteiger partial charge in [0.05, 0.1) is 6.10 Å². The van der Waals surface area contributed by atoms with Gasteiger partial charge in [-0.05, 0) is 37.1 Å². The number of carbonyl (C=O) groups excluding carboxylic acids is 1. The number of aliphatic carboxylic acids is 1. The Labute approximate surface area is 157 Å². The highest BCUT2D eigenvalue weighted by atomic mass is 16.4. The van der Waals surface area contributed by atoms with Gasteiger partial charge in [-0.1, -0.05) is 6.07 Å². The van der Waals surface area contributed by atoms with E-state index >= 15 is 0 Å². The molecule has 0 radical (unpaired) electrons. The van der Waals surface area contributed by atoms with Crippen molar-refractivity contribution in [1.82, 2.24) is 15.8 Å². The third-order valence-corrected chi connectivity index (χ3v) is 3.72. The highest BCUT2D eigenvalue weighted by Crippen LogP contribution is 2.24. The minimum absolute atomic E-state index is 0.0339. The first-order valence-corrected chi connectivity index (χ1v) is 8.55. The summed E-state index contributed by atoms with van der Waals surface area (Å²) in [5.41, 5.74) is 9.08. The highest BCUT2D eigenvalue weighted by molar-refractivity contribution is 5.76. The fraction of sp³-hybridized carbons (Fsp3) is 0.529. The van der Waals surface area contributed by atoms with Crippen molar-refractivity contribution in [3.63, 3.8) is 0 Å². The fourth-order valence-corrected chi connectivity index (χ4v) is 2.48. The summed E-state index contributed by atoms with van der Waals surface area (Å²) in [5, 5.41) is 41.5. The van der Waals surface area contributed by atoms with E-state index in [1.54, 1.807) is 6.07 Å². The molecule has 0 bridgehead atoms. The third kappa shape index (κ3) is 9.75. The maximum Gasteiger partial charge on any atom is 0.319 e. The summed E-state index contributed by atoms with van der Waals surface area (Å²) >= 11 is 0. The topological polar surface area (TPSA) is 168 Å². The summed E-state index contributed by atoms with van der Waals surface area (Å²) < 4.78 is 0. The standard InChI is InChI=1S/C17H28N4O6/c1-21(10-17(26)27)20-16(25)8-12(18)7-13(22)9-19-5-4-11-2-3-14(23)15(24)6-11/h2-3,6,12-13,19,22-24H,4-5,7-10,18H2,1H3,(H,20,25)(H,26,27)/t12-,13-/m1/s1. The number of hydrogen-bond donors (Lipinski definition) is 7. The number of carboxylic acid groups (broad SMARTS) is 1. The number of carboxylic acids is 1. The van der Waals surface area contributed by atoms with Gasteiger partial charge in [0, 0.05) is 26.1 Å². The number of rotatable bonds is 12. The monoisotopic (exact) mass is 384 g/mol. The second-order valence-corrected chi connectivity index (χ2v) is 6.42. The fourth-order valence-electron chi connectivity index (χ4n) is 2.48. The average molecular weight is 384 g/mol. The number of aliphatic hydroxyl groups excluding tert-OH is 1. The number of carbonyl (C=O) groups is 2. The number of nitrogens with two attached hydrogens (primary N) is 1. The van der Waals surface area contributed by atoms with E-state index in [-0.39, 0.29) is 37.4 Å². The normalized spacial score (nSPS) is 13.3. The van der Waals surface area contributed by atoms with Crippen molar-refractivity contribution < 1.29 is 30.0 Å². The van der Waals surface area contributed by atoms with Crippen molar-refractivity contribution in [2.75, 3.05) is 26.7 Å². The molecule has 0 aliphatic heterocycles. The van der Waals surface area contributed by atoms with E-state index in [9.17, 15) is 24.9 Å². The van der Waals surface area contributed by atoms with Crippen LogP contribution in [0.2, 0.25) is 0 Å². The quantitative estimate of drug-likeness (QED) is 0.132. The number of hydrazine groups is 1. The molecule has 0 heterocycles. The molecule has 8 N–H and O–H groups in total. The van der Waals surface area contributed by atoms with Crippen molar-refractivity contribution in [3.8, 4) is 11.5 Å². The van der Waals surface area contributed by atoms with Crippen molar-refractivity contribution in [1.29, 1.82) is 0 Å². The van der Waals surface area contributed by atoms with Gasteiger partial charge in [-0.15, -0.1) is 0 Å². The van der Waals surface area contributed by atoms with Crippen LogP contribution in [0.25, 0.3) is 0 Å². The lowest BCUT2D eigenvalue weighted by molar-refractivity contribution is -0.139.